The molecule has 0 aliphatic heterocycles. The molecular weight excluding hydrogens is 448 g/mol. The quantitative estimate of drug-likeness (QED) is 0.271. The molecule has 34 heavy (non-hydrogen) atoms. The summed E-state index contributed by atoms with van der Waals surface area (Å²) in [5.74, 6) is -2.73. The zero-order valence-corrected chi connectivity index (χ0v) is 19.7. The van der Waals surface area contributed by atoms with Gasteiger partial charge in [-0.3, -0.25) is 9.59 Å². The largest absolute Gasteiger partial charge is 0.463 e. The van der Waals surface area contributed by atoms with Gasteiger partial charge in [-0.1, -0.05) is 13.8 Å². The number of hydrogen-bond donors (Lipinski definition) is 2. The lowest BCUT2D eigenvalue weighted by Gasteiger charge is -2.38. The van der Waals surface area contributed by atoms with E-state index in [-0.39, 0.29) is 50.8 Å². The van der Waals surface area contributed by atoms with Crippen molar-refractivity contribution in [3.8, 4) is 0 Å². The Balaban J connectivity index is 1.82. The highest BCUT2D eigenvalue weighted by Crippen LogP contribution is 2.56. The average molecular weight is 481 g/mol. The van der Waals surface area contributed by atoms with Crippen molar-refractivity contribution in [3.63, 3.8) is 0 Å². The van der Waals surface area contributed by atoms with E-state index in [1.807, 2.05) is 13.8 Å². The molecule has 188 valence electrons. The number of carbonyl (C=O) groups excluding carboxylic acids is 4. The summed E-state index contributed by atoms with van der Waals surface area (Å²) in [5.41, 5.74) is -1.19. The fourth-order valence-corrected chi connectivity index (χ4v) is 4.00. The molecule has 1 aromatic carbocycles. The van der Waals surface area contributed by atoms with Gasteiger partial charge in [0.1, 0.15) is 26.4 Å². The lowest BCUT2D eigenvalue weighted by atomic mass is 9.65. The average Bonchev–Trinajstić information content (AvgIpc) is 3.07. The summed E-state index contributed by atoms with van der Waals surface area (Å²) in [6, 6.07) is 5.62. The number of benzene rings is 1. The topological polar surface area (TPSA) is 146 Å². The molecule has 1 aliphatic carbocycles. The van der Waals surface area contributed by atoms with E-state index in [4.69, 9.17) is 29.2 Å². The van der Waals surface area contributed by atoms with Gasteiger partial charge < -0.3 is 29.2 Å². The summed E-state index contributed by atoms with van der Waals surface area (Å²) in [6.07, 6.45) is 0.895. The minimum atomic E-state index is -0.894. The van der Waals surface area contributed by atoms with E-state index in [0.29, 0.717) is 12.8 Å². The van der Waals surface area contributed by atoms with Gasteiger partial charge in [-0.05, 0) is 49.4 Å². The van der Waals surface area contributed by atoms with Gasteiger partial charge in [-0.25, -0.2) is 9.59 Å². The van der Waals surface area contributed by atoms with E-state index in [2.05, 4.69) is 0 Å². The van der Waals surface area contributed by atoms with Crippen molar-refractivity contribution in [2.75, 3.05) is 39.6 Å². The first-order valence-corrected chi connectivity index (χ1v) is 11.1. The van der Waals surface area contributed by atoms with Crippen LogP contribution < -0.4 is 0 Å². The van der Waals surface area contributed by atoms with Gasteiger partial charge in [0, 0.05) is 0 Å². The Bertz CT molecular complexity index is 876. The summed E-state index contributed by atoms with van der Waals surface area (Å²) in [4.78, 5) is 49.0. The van der Waals surface area contributed by atoms with Crippen molar-refractivity contribution in [2.24, 2.45) is 16.7 Å². The maximum atomic E-state index is 12.7. The molecule has 10 nitrogen and oxygen atoms in total. The van der Waals surface area contributed by atoms with Crippen LogP contribution in [0.2, 0.25) is 0 Å². The van der Waals surface area contributed by atoms with Crippen molar-refractivity contribution >= 4 is 23.9 Å². The van der Waals surface area contributed by atoms with Crippen LogP contribution in [0.15, 0.2) is 24.3 Å². The number of aliphatic hydroxyl groups is 2. The van der Waals surface area contributed by atoms with Crippen molar-refractivity contribution in [2.45, 2.75) is 33.6 Å². The fourth-order valence-electron chi connectivity index (χ4n) is 4.00. The zero-order valence-electron chi connectivity index (χ0n) is 19.7. The first kappa shape index (κ1) is 27.3. The molecule has 0 aromatic heterocycles. The molecule has 0 spiro atoms. The van der Waals surface area contributed by atoms with Crippen LogP contribution in [-0.4, -0.2) is 73.7 Å². The summed E-state index contributed by atoms with van der Waals surface area (Å²) in [7, 11) is 0. The van der Waals surface area contributed by atoms with E-state index in [1.54, 1.807) is 6.92 Å². The molecule has 1 fully saturated rings. The molecule has 1 saturated carbocycles. The Hall–Kier alpha value is -2.98. The molecule has 1 aromatic rings. The Kier molecular flexibility index (Phi) is 9.57. The molecule has 0 saturated heterocycles. The maximum absolute atomic E-state index is 12.7. The Morgan fingerprint density at radius 1 is 0.794 bits per heavy atom. The second-order valence-electron chi connectivity index (χ2n) is 8.74. The molecule has 0 heterocycles. The van der Waals surface area contributed by atoms with Gasteiger partial charge in [0.05, 0.1) is 35.7 Å². The van der Waals surface area contributed by atoms with Gasteiger partial charge in [0.15, 0.2) is 0 Å². The highest BCUT2D eigenvalue weighted by Gasteiger charge is 2.59. The van der Waals surface area contributed by atoms with Crippen LogP contribution in [0.4, 0.5) is 0 Å². The standard InChI is InChI=1S/C24H32O10/c1-23(2)18(8-9-24(23,3)22(30)34-13-11-26)21(29)33-15-14-32-20(28)17-6-4-16(5-7-17)19(27)31-12-10-25/h4-7,18,25-26H,8-15H2,1-3H3/t18-,24+/m1/s1. The number of carbonyl (C=O) groups is 4. The van der Waals surface area contributed by atoms with Crippen molar-refractivity contribution in [3.05, 3.63) is 35.4 Å². The van der Waals surface area contributed by atoms with Crippen molar-refractivity contribution in [1.82, 2.24) is 0 Å². The lowest BCUT2D eigenvalue weighted by Crippen LogP contribution is -2.44. The second kappa shape index (κ2) is 11.9. The predicted octanol–water partition coefficient (Wildman–Crippen LogP) is 1.51. The van der Waals surface area contributed by atoms with Crippen LogP contribution in [0.25, 0.3) is 0 Å². The van der Waals surface area contributed by atoms with E-state index in [9.17, 15) is 19.2 Å². The van der Waals surface area contributed by atoms with Crippen LogP contribution in [0.1, 0.15) is 54.3 Å². The number of ether oxygens (including phenoxy) is 4. The Morgan fingerprint density at radius 2 is 1.26 bits per heavy atom. The second-order valence-corrected chi connectivity index (χ2v) is 8.74. The number of rotatable bonds is 11. The SMILES string of the molecule is CC1(C)[C@@H](C(=O)OCCOC(=O)c2ccc(C(=O)OCCO)cc2)CC[C@@]1(C)C(=O)OCCO. The van der Waals surface area contributed by atoms with E-state index in [0.717, 1.165) is 0 Å². The summed E-state index contributed by atoms with van der Waals surface area (Å²) in [6.45, 7) is 4.31. The number of hydrogen-bond acceptors (Lipinski definition) is 10. The molecule has 10 heteroatoms. The van der Waals surface area contributed by atoms with Gasteiger partial charge >= 0.3 is 23.9 Å². The number of esters is 4. The van der Waals surface area contributed by atoms with Gasteiger partial charge in [0.25, 0.3) is 0 Å². The molecule has 0 amide bonds. The lowest BCUT2D eigenvalue weighted by molar-refractivity contribution is -0.166. The van der Waals surface area contributed by atoms with Crippen molar-refractivity contribution < 1.29 is 48.3 Å². The first-order chi connectivity index (χ1) is 16.1. The monoisotopic (exact) mass is 480 g/mol. The smallest absolute Gasteiger partial charge is 0.338 e. The molecule has 0 bridgehead atoms. The first-order valence-electron chi connectivity index (χ1n) is 11.1. The Morgan fingerprint density at radius 3 is 1.79 bits per heavy atom. The van der Waals surface area contributed by atoms with Gasteiger partial charge in [0.2, 0.25) is 0 Å². The summed E-state index contributed by atoms with van der Waals surface area (Å²) >= 11 is 0. The Labute approximate surface area is 198 Å². The van der Waals surface area contributed by atoms with E-state index < -0.39 is 40.6 Å². The van der Waals surface area contributed by atoms with E-state index >= 15 is 0 Å². The third kappa shape index (κ3) is 6.12. The normalized spacial score (nSPS) is 20.9. The van der Waals surface area contributed by atoms with Gasteiger partial charge in [-0.15, -0.1) is 0 Å². The fraction of sp³-hybridized carbons (Fsp3) is 0.583. The van der Waals surface area contributed by atoms with E-state index in [1.165, 1.54) is 24.3 Å². The van der Waals surface area contributed by atoms with Crippen LogP contribution in [0, 0.1) is 16.7 Å². The third-order valence-corrected chi connectivity index (χ3v) is 6.53. The maximum Gasteiger partial charge on any atom is 0.338 e. The van der Waals surface area contributed by atoms with Crippen LogP contribution >= 0.6 is 0 Å². The molecule has 2 N–H and O–H groups in total. The number of aliphatic hydroxyl groups excluding tert-OH is 2. The molecule has 2 atom stereocenters. The van der Waals surface area contributed by atoms with Crippen LogP contribution in [0.3, 0.4) is 0 Å². The highest BCUT2D eigenvalue weighted by atomic mass is 16.6. The van der Waals surface area contributed by atoms with Crippen molar-refractivity contribution in [1.29, 1.82) is 0 Å². The zero-order chi connectivity index (χ0) is 25.4. The molecule has 1 aliphatic rings. The summed E-state index contributed by atoms with van der Waals surface area (Å²) in [5, 5.41) is 17.6. The summed E-state index contributed by atoms with van der Waals surface area (Å²) < 4.78 is 20.3. The van der Waals surface area contributed by atoms with Crippen LogP contribution in [-0.2, 0) is 28.5 Å². The predicted molar refractivity (Wildman–Crippen MR) is 118 cm³/mol. The molecule has 0 radical (unpaired) electrons. The highest BCUT2D eigenvalue weighted by molar-refractivity contribution is 5.93. The molecule has 2 rings (SSSR count). The van der Waals surface area contributed by atoms with Crippen LogP contribution in [0.5, 0.6) is 0 Å². The minimum Gasteiger partial charge on any atom is -0.463 e. The molecular formula is C24H32O10. The third-order valence-electron chi connectivity index (χ3n) is 6.53. The minimum absolute atomic E-state index is 0.0957. The van der Waals surface area contributed by atoms with Gasteiger partial charge in [-0.2, -0.15) is 0 Å². The molecule has 0 unspecified atom stereocenters.